The Morgan fingerprint density at radius 3 is 2.56 bits per heavy atom. The summed E-state index contributed by atoms with van der Waals surface area (Å²) in [6, 6.07) is 2.26. The molecular formula is C25H31F4N7O3. The number of hydrogen-bond donors (Lipinski definition) is 3. The Labute approximate surface area is 221 Å². The van der Waals surface area contributed by atoms with Crippen LogP contribution in [-0.2, 0) is 4.79 Å². The molecule has 1 fully saturated rings. The highest BCUT2D eigenvalue weighted by Gasteiger charge is 2.39. The molecule has 0 unspecified atom stereocenters. The SMILES string of the molecule is CC(C)n1nccc1C(=O)N[C@H](c1cn2ncc([C@@H](O)NC(=O)CCC(F)F)cc2n1)C1CCC(F)(F)CC1. The number of halogens is 4. The van der Waals surface area contributed by atoms with E-state index in [1.54, 1.807) is 16.9 Å². The molecule has 3 aromatic heterocycles. The quantitative estimate of drug-likeness (QED) is 0.258. The van der Waals surface area contributed by atoms with Crippen LogP contribution in [0, 0.1) is 5.92 Å². The second-order valence-electron chi connectivity index (χ2n) is 10.1. The molecule has 1 aliphatic rings. The number of amides is 2. The maximum absolute atomic E-state index is 13.9. The monoisotopic (exact) mass is 553 g/mol. The van der Waals surface area contributed by atoms with Gasteiger partial charge in [-0.05, 0) is 44.7 Å². The van der Waals surface area contributed by atoms with Crippen molar-refractivity contribution in [1.29, 1.82) is 0 Å². The van der Waals surface area contributed by atoms with Crippen LogP contribution in [-0.4, -0.2) is 53.6 Å². The van der Waals surface area contributed by atoms with Gasteiger partial charge in [-0.15, -0.1) is 0 Å². The average molecular weight is 554 g/mol. The summed E-state index contributed by atoms with van der Waals surface area (Å²) in [5.74, 6) is -4.24. The van der Waals surface area contributed by atoms with Crippen LogP contribution >= 0.6 is 0 Å². The summed E-state index contributed by atoms with van der Waals surface area (Å²) in [6.45, 7) is 3.76. The van der Waals surface area contributed by atoms with E-state index in [0.29, 0.717) is 11.4 Å². The molecule has 39 heavy (non-hydrogen) atoms. The fraction of sp³-hybridized carbons (Fsp3) is 0.560. The predicted octanol–water partition coefficient (Wildman–Crippen LogP) is 3.96. The van der Waals surface area contributed by atoms with Crippen molar-refractivity contribution < 1.29 is 32.3 Å². The smallest absolute Gasteiger partial charge is 0.270 e. The van der Waals surface area contributed by atoms with E-state index in [1.165, 1.54) is 23.0 Å². The van der Waals surface area contributed by atoms with E-state index >= 15 is 0 Å². The van der Waals surface area contributed by atoms with E-state index in [9.17, 15) is 32.3 Å². The molecule has 0 spiro atoms. The van der Waals surface area contributed by atoms with Gasteiger partial charge in [0, 0.05) is 43.5 Å². The van der Waals surface area contributed by atoms with Crippen LogP contribution in [0.1, 0.15) is 92.4 Å². The summed E-state index contributed by atoms with van der Waals surface area (Å²) in [6.07, 6.45) is -1.09. The van der Waals surface area contributed by atoms with Crippen molar-refractivity contribution in [3.05, 3.63) is 47.7 Å². The number of hydrogen-bond acceptors (Lipinski definition) is 6. The maximum Gasteiger partial charge on any atom is 0.270 e. The molecule has 10 nitrogen and oxygen atoms in total. The zero-order valence-corrected chi connectivity index (χ0v) is 21.5. The number of carbonyl (C=O) groups is 2. The minimum atomic E-state index is -2.76. The molecule has 212 valence electrons. The largest absolute Gasteiger partial charge is 0.369 e. The normalized spacial score (nSPS) is 17.5. The van der Waals surface area contributed by atoms with Gasteiger partial charge in [0.15, 0.2) is 11.9 Å². The molecule has 0 aliphatic heterocycles. The van der Waals surface area contributed by atoms with Crippen LogP contribution in [0.15, 0.2) is 30.7 Å². The Morgan fingerprint density at radius 2 is 1.90 bits per heavy atom. The summed E-state index contributed by atoms with van der Waals surface area (Å²) in [4.78, 5) is 29.6. The second kappa shape index (κ2) is 11.7. The standard InChI is InChI=1S/C25H31F4N7O3/c1-14(2)36-18(7-10-30-36)24(39)34-22(15-5-8-25(28,29)9-6-15)17-13-35-20(32-17)11-16(12-31-35)23(38)33-21(37)4-3-19(26)27/h7,10-15,19,22-23,38H,3-6,8-9H2,1-2H3,(H,33,37)(H,34,39)/t22-,23+/m0/s1. The molecule has 1 aliphatic carbocycles. The van der Waals surface area contributed by atoms with E-state index in [1.807, 2.05) is 13.8 Å². The van der Waals surface area contributed by atoms with Crippen molar-refractivity contribution in [1.82, 2.24) is 35.0 Å². The molecule has 2 atom stereocenters. The van der Waals surface area contributed by atoms with Crippen molar-refractivity contribution in [2.24, 2.45) is 5.92 Å². The van der Waals surface area contributed by atoms with Gasteiger partial charge < -0.3 is 15.7 Å². The average Bonchev–Trinajstić information content (AvgIpc) is 3.53. The fourth-order valence-electron chi connectivity index (χ4n) is 4.71. The van der Waals surface area contributed by atoms with Gasteiger partial charge in [0.05, 0.1) is 24.1 Å². The molecule has 14 heteroatoms. The van der Waals surface area contributed by atoms with Crippen molar-refractivity contribution >= 4 is 17.5 Å². The van der Waals surface area contributed by atoms with Crippen LogP contribution < -0.4 is 10.6 Å². The minimum absolute atomic E-state index is 0.0762. The topological polar surface area (TPSA) is 126 Å². The number of imidazole rings is 1. The Bertz CT molecular complexity index is 1300. The Morgan fingerprint density at radius 1 is 1.18 bits per heavy atom. The van der Waals surface area contributed by atoms with Gasteiger partial charge in [-0.25, -0.2) is 27.1 Å². The Hall–Kier alpha value is -3.55. The number of aliphatic hydroxyl groups excluding tert-OH is 1. The number of fused-ring (bicyclic) bond motifs is 1. The summed E-state index contributed by atoms with van der Waals surface area (Å²) in [7, 11) is 0. The highest BCUT2D eigenvalue weighted by Crippen LogP contribution is 2.41. The van der Waals surface area contributed by atoms with E-state index < -0.39 is 49.3 Å². The van der Waals surface area contributed by atoms with Gasteiger partial charge in [-0.3, -0.25) is 14.3 Å². The van der Waals surface area contributed by atoms with Gasteiger partial charge in [-0.1, -0.05) is 0 Å². The lowest BCUT2D eigenvalue weighted by atomic mass is 9.81. The second-order valence-corrected chi connectivity index (χ2v) is 10.1. The van der Waals surface area contributed by atoms with Crippen LogP contribution in [0.25, 0.3) is 5.65 Å². The first-order chi connectivity index (χ1) is 18.4. The van der Waals surface area contributed by atoms with Crippen LogP contribution in [0.5, 0.6) is 0 Å². The van der Waals surface area contributed by atoms with Crippen molar-refractivity contribution in [3.8, 4) is 0 Å². The molecule has 0 aromatic carbocycles. The van der Waals surface area contributed by atoms with Crippen molar-refractivity contribution in [2.75, 3.05) is 0 Å². The first-order valence-corrected chi connectivity index (χ1v) is 12.8. The van der Waals surface area contributed by atoms with E-state index in [0.717, 1.165) is 0 Å². The highest BCUT2D eigenvalue weighted by molar-refractivity contribution is 5.92. The van der Waals surface area contributed by atoms with Gasteiger partial charge in [0.1, 0.15) is 5.69 Å². The highest BCUT2D eigenvalue weighted by atomic mass is 19.3. The number of aliphatic hydroxyl groups is 1. The minimum Gasteiger partial charge on any atom is -0.369 e. The summed E-state index contributed by atoms with van der Waals surface area (Å²) >= 11 is 0. The van der Waals surface area contributed by atoms with Gasteiger partial charge >= 0.3 is 0 Å². The molecule has 0 saturated heterocycles. The number of aromatic nitrogens is 5. The number of rotatable bonds is 10. The number of alkyl halides is 4. The van der Waals surface area contributed by atoms with Gasteiger partial charge in [0.25, 0.3) is 5.91 Å². The van der Waals surface area contributed by atoms with Crippen LogP contribution in [0.2, 0.25) is 0 Å². The predicted molar refractivity (Wildman–Crippen MR) is 131 cm³/mol. The summed E-state index contributed by atoms with van der Waals surface area (Å²) < 4.78 is 55.5. The third-order valence-corrected chi connectivity index (χ3v) is 6.79. The van der Waals surface area contributed by atoms with Crippen LogP contribution in [0.4, 0.5) is 17.6 Å². The van der Waals surface area contributed by atoms with Crippen molar-refractivity contribution in [3.63, 3.8) is 0 Å². The third-order valence-electron chi connectivity index (χ3n) is 6.79. The van der Waals surface area contributed by atoms with E-state index in [-0.39, 0.29) is 48.9 Å². The van der Waals surface area contributed by atoms with Gasteiger partial charge in [0.2, 0.25) is 18.3 Å². The van der Waals surface area contributed by atoms with E-state index in [4.69, 9.17) is 0 Å². The van der Waals surface area contributed by atoms with Crippen LogP contribution in [0.3, 0.4) is 0 Å². The summed E-state index contributed by atoms with van der Waals surface area (Å²) in [5, 5.41) is 23.9. The summed E-state index contributed by atoms with van der Waals surface area (Å²) in [5.41, 5.74) is 1.17. The van der Waals surface area contributed by atoms with Crippen molar-refractivity contribution in [2.45, 2.75) is 83.0 Å². The first-order valence-electron chi connectivity index (χ1n) is 12.8. The molecule has 1 saturated carbocycles. The molecule has 3 heterocycles. The molecular weight excluding hydrogens is 522 g/mol. The molecule has 3 N–H and O–H groups in total. The number of carbonyl (C=O) groups excluding carboxylic acids is 2. The Kier molecular flexibility index (Phi) is 8.52. The molecule has 0 bridgehead atoms. The zero-order chi connectivity index (χ0) is 28.3. The lowest BCUT2D eigenvalue weighted by Crippen LogP contribution is -2.38. The third kappa shape index (κ3) is 6.91. The molecule has 3 aromatic rings. The first kappa shape index (κ1) is 28.5. The van der Waals surface area contributed by atoms with Gasteiger partial charge in [-0.2, -0.15) is 10.2 Å². The molecule has 4 rings (SSSR count). The van der Waals surface area contributed by atoms with E-state index in [2.05, 4.69) is 25.8 Å². The maximum atomic E-state index is 13.9. The molecule has 2 amide bonds. The molecule has 0 radical (unpaired) electrons. The zero-order valence-electron chi connectivity index (χ0n) is 21.5. The Balaban J connectivity index is 1.58. The lowest BCUT2D eigenvalue weighted by molar-refractivity contribution is -0.124. The fourth-order valence-corrected chi connectivity index (χ4v) is 4.71. The number of nitrogens with one attached hydrogen (secondary N) is 2. The number of nitrogens with zero attached hydrogens (tertiary/aromatic N) is 5. The lowest BCUT2D eigenvalue weighted by Gasteiger charge is -2.33.